The molecule has 0 bridgehead atoms. The summed E-state index contributed by atoms with van der Waals surface area (Å²) in [4.78, 5) is 22.5. The smallest absolute Gasteiger partial charge is 0.278 e. The number of fused-ring (bicyclic) bond motifs is 3. The van der Waals surface area contributed by atoms with Crippen LogP contribution in [0.1, 0.15) is 64.6 Å². The Hall–Kier alpha value is -3.46. The number of hydrogen-bond donors (Lipinski definition) is 2. The van der Waals surface area contributed by atoms with Gasteiger partial charge in [0.05, 0.1) is 5.54 Å². The summed E-state index contributed by atoms with van der Waals surface area (Å²) in [7, 11) is 0. The van der Waals surface area contributed by atoms with Crippen LogP contribution in [-0.4, -0.2) is 35.7 Å². The lowest BCUT2D eigenvalue weighted by Crippen LogP contribution is -2.33. The van der Waals surface area contributed by atoms with Crippen molar-refractivity contribution in [1.29, 1.82) is 0 Å². The average Bonchev–Trinajstić information content (AvgIpc) is 3.26. The Balaban J connectivity index is 1.42. The van der Waals surface area contributed by atoms with Crippen LogP contribution in [0.3, 0.4) is 0 Å². The monoisotopic (exact) mass is 472 g/mol. The fourth-order valence-electron chi connectivity index (χ4n) is 5.14. The third-order valence-electron chi connectivity index (χ3n) is 7.16. The zero-order chi connectivity index (χ0) is 24.5. The molecular formula is C26H32N8O. The summed E-state index contributed by atoms with van der Waals surface area (Å²) < 4.78 is 5.40. The molecule has 4 aromatic rings. The van der Waals surface area contributed by atoms with E-state index >= 15 is 0 Å². The SMILES string of the molecule is CC(C)n1c(=O)c2cnc(Nc3ccc4c(c3)CNCC43CC3)nc2n1-c1ccn(C(C)(C)C)n1. The van der Waals surface area contributed by atoms with Gasteiger partial charge in [-0.3, -0.25) is 9.48 Å². The lowest BCUT2D eigenvalue weighted by molar-refractivity contribution is 0.352. The summed E-state index contributed by atoms with van der Waals surface area (Å²) in [6.07, 6.45) is 6.07. The molecule has 9 nitrogen and oxygen atoms in total. The van der Waals surface area contributed by atoms with Gasteiger partial charge in [-0.05, 0) is 70.7 Å². The highest BCUT2D eigenvalue weighted by molar-refractivity contribution is 5.77. The van der Waals surface area contributed by atoms with Crippen molar-refractivity contribution in [3.8, 4) is 5.82 Å². The molecular weight excluding hydrogens is 440 g/mol. The van der Waals surface area contributed by atoms with E-state index in [1.165, 1.54) is 24.0 Å². The van der Waals surface area contributed by atoms with Gasteiger partial charge in [-0.15, -0.1) is 0 Å². The molecule has 4 heterocycles. The van der Waals surface area contributed by atoms with Crippen molar-refractivity contribution in [2.24, 2.45) is 0 Å². The summed E-state index contributed by atoms with van der Waals surface area (Å²) in [5, 5.41) is 12.2. The van der Waals surface area contributed by atoms with Crippen molar-refractivity contribution in [3.63, 3.8) is 0 Å². The van der Waals surface area contributed by atoms with Crippen LogP contribution in [0.5, 0.6) is 0 Å². The lowest BCUT2D eigenvalue weighted by Gasteiger charge is -2.26. The number of hydrogen-bond acceptors (Lipinski definition) is 6. The van der Waals surface area contributed by atoms with Gasteiger partial charge < -0.3 is 10.6 Å². The molecule has 1 fully saturated rings. The number of benzene rings is 1. The molecule has 2 N–H and O–H groups in total. The van der Waals surface area contributed by atoms with Crippen molar-refractivity contribution < 1.29 is 0 Å². The van der Waals surface area contributed by atoms with Gasteiger partial charge in [0.15, 0.2) is 11.5 Å². The van der Waals surface area contributed by atoms with Gasteiger partial charge in [0.1, 0.15) is 5.39 Å². The fraction of sp³-hybridized carbons (Fsp3) is 0.462. The van der Waals surface area contributed by atoms with Crippen LogP contribution in [0.2, 0.25) is 0 Å². The zero-order valence-electron chi connectivity index (χ0n) is 21.0. The van der Waals surface area contributed by atoms with Gasteiger partial charge in [-0.25, -0.2) is 14.3 Å². The third kappa shape index (κ3) is 3.56. The first-order valence-electron chi connectivity index (χ1n) is 12.3. The molecule has 0 radical (unpaired) electrons. The standard InChI is InChI=1S/C26H32N8O/c1-16(2)33-23(35)19-14-28-24(30-22(19)34(33)21-8-11-32(31-21)25(3,4)5)29-18-6-7-20-17(12-18)13-27-15-26(20)9-10-26/h6-8,11-12,14,16,27H,9-10,13,15H2,1-5H3,(H,28,29,30). The van der Waals surface area contributed by atoms with E-state index in [4.69, 9.17) is 10.1 Å². The summed E-state index contributed by atoms with van der Waals surface area (Å²) in [6.45, 7) is 12.2. The summed E-state index contributed by atoms with van der Waals surface area (Å²) in [6, 6.07) is 8.38. The van der Waals surface area contributed by atoms with Gasteiger partial charge >= 0.3 is 0 Å². The van der Waals surface area contributed by atoms with E-state index in [0.29, 0.717) is 28.2 Å². The van der Waals surface area contributed by atoms with Crippen molar-refractivity contribution in [2.45, 2.75) is 71.0 Å². The second-order valence-electron chi connectivity index (χ2n) is 11.2. The number of rotatable bonds is 4. The summed E-state index contributed by atoms with van der Waals surface area (Å²) in [5.74, 6) is 1.10. The summed E-state index contributed by atoms with van der Waals surface area (Å²) >= 11 is 0. The molecule has 3 aromatic heterocycles. The van der Waals surface area contributed by atoms with Gasteiger partial charge in [-0.2, -0.15) is 10.1 Å². The Bertz CT molecular complexity index is 1500. The molecule has 6 rings (SSSR count). The number of nitrogens with one attached hydrogen (secondary N) is 2. The highest BCUT2D eigenvalue weighted by Crippen LogP contribution is 2.50. The summed E-state index contributed by atoms with van der Waals surface area (Å²) in [5.41, 5.74) is 4.32. The van der Waals surface area contributed by atoms with Crippen molar-refractivity contribution in [3.05, 3.63) is 58.1 Å². The second-order valence-corrected chi connectivity index (χ2v) is 11.2. The average molecular weight is 473 g/mol. The minimum absolute atomic E-state index is 0.0733. The maximum atomic E-state index is 13.3. The van der Waals surface area contributed by atoms with Crippen molar-refractivity contribution >= 4 is 22.7 Å². The Kier molecular flexibility index (Phi) is 4.73. The van der Waals surface area contributed by atoms with E-state index in [0.717, 1.165) is 18.8 Å². The topological polar surface area (TPSA) is 94.6 Å². The minimum atomic E-state index is -0.174. The molecule has 182 valence electrons. The molecule has 1 aliphatic heterocycles. The van der Waals surface area contributed by atoms with Crippen LogP contribution in [0, 0.1) is 0 Å². The maximum Gasteiger partial charge on any atom is 0.278 e. The molecule has 0 unspecified atom stereocenters. The van der Waals surface area contributed by atoms with Crippen molar-refractivity contribution in [1.82, 2.24) is 34.4 Å². The van der Waals surface area contributed by atoms with E-state index in [1.807, 2.05) is 35.5 Å². The molecule has 0 saturated heterocycles. The minimum Gasteiger partial charge on any atom is -0.324 e. The van der Waals surface area contributed by atoms with Crippen LogP contribution < -0.4 is 16.2 Å². The number of aromatic nitrogens is 6. The van der Waals surface area contributed by atoms with Gasteiger partial charge in [0, 0.05) is 48.7 Å². The normalized spacial score (nSPS) is 16.7. The molecule has 1 aliphatic carbocycles. The Morgan fingerprint density at radius 1 is 1.17 bits per heavy atom. The van der Waals surface area contributed by atoms with Crippen molar-refractivity contribution in [2.75, 3.05) is 11.9 Å². The first kappa shape index (κ1) is 22.0. The molecule has 9 heteroatoms. The molecule has 1 aromatic carbocycles. The van der Waals surface area contributed by atoms with E-state index in [-0.39, 0.29) is 17.1 Å². The lowest BCUT2D eigenvalue weighted by atomic mass is 9.88. The maximum absolute atomic E-state index is 13.3. The largest absolute Gasteiger partial charge is 0.324 e. The van der Waals surface area contributed by atoms with Crippen LogP contribution in [0.25, 0.3) is 16.9 Å². The zero-order valence-corrected chi connectivity index (χ0v) is 21.0. The highest BCUT2D eigenvalue weighted by Gasteiger charge is 2.46. The first-order chi connectivity index (χ1) is 16.7. The third-order valence-corrected chi connectivity index (χ3v) is 7.16. The number of nitrogens with zero attached hydrogens (tertiary/aromatic N) is 6. The molecule has 0 atom stereocenters. The van der Waals surface area contributed by atoms with Crippen LogP contribution >= 0.6 is 0 Å². The molecule has 0 amide bonds. The quantitative estimate of drug-likeness (QED) is 0.466. The van der Waals surface area contributed by atoms with E-state index in [1.54, 1.807) is 10.9 Å². The van der Waals surface area contributed by atoms with Gasteiger partial charge in [-0.1, -0.05) is 6.07 Å². The number of anilines is 2. The predicted molar refractivity (Wildman–Crippen MR) is 137 cm³/mol. The molecule has 2 aliphatic rings. The van der Waals surface area contributed by atoms with Crippen LogP contribution in [0.4, 0.5) is 11.6 Å². The Morgan fingerprint density at radius 3 is 2.66 bits per heavy atom. The van der Waals surface area contributed by atoms with Crippen LogP contribution in [-0.2, 0) is 17.5 Å². The predicted octanol–water partition coefficient (Wildman–Crippen LogP) is 3.99. The van der Waals surface area contributed by atoms with E-state index < -0.39 is 0 Å². The second kappa shape index (κ2) is 7.52. The molecule has 1 saturated carbocycles. The van der Waals surface area contributed by atoms with Crippen LogP contribution in [0.15, 0.2) is 41.5 Å². The first-order valence-corrected chi connectivity index (χ1v) is 12.3. The highest BCUT2D eigenvalue weighted by atomic mass is 16.1. The van der Waals surface area contributed by atoms with Gasteiger partial charge in [0.2, 0.25) is 5.95 Å². The molecule has 1 spiro atoms. The Morgan fingerprint density at radius 2 is 1.97 bits per heavy atom. The van der Waals surface area contributed by atoms with Gasteiger partial charge in [0.25, 0.3) is 5.56 Å². The fourth-order valence-corrected chi connectivity index (χ4v) is 5.14. The van der Waals surface area contributed by atoms with E-state index in [2.05, 4.69) is 54.6 Å². The Labute approximate surface area is 204 Å². The van der Waals surface area contributed by atoms with E-state index in [9.17, 15) is 4.79 Å². The molecule has 35 heavy (non-hydrogen) atoms.